The van der Waals surface area contributed by atoms with Gasteiger partial charge in [0.1, 0.15) is 35.9 Å². The Bertz CT molecular complexity index is 1190. The molecular formula is C18H18N6O10S2. The molecule has 0 bridgehead atoms. The van der Waals surface area contributed by atoms with Crippen LogP contribution in [0.1, 0.15) is 19.2 Å². The van der Waals surface area contributed by atoms with E-state index in [2.05, 4.69) is 24.7 Å². The Hall–Kier alpha value is -4.06. The number of carboxylic acid groups (broad SMARTS) is 2. The first kappa shape index (κ1) is 26.5. The number of thioether (sulfide) groups is 1. The topological polar surface area (TPSA) is 241 Å². The number of anilines is 1. The normalized spacial score (nSPS) is 19.2. The Morgan fingerprint density at radius 2 is 2.00 bits per heavy atom. The number of carboxylic acids is 2. The maximum Gasteiger partial charge on any atom is 0.352 e. The molecule has 2 aliphatic heterocycles. The van der Waals surface area contributed by atoms with Gasteiger partial charge in [-0.15, -0.1) is 11.8 Å². The van der Waals surface area contributed by atoms with Crippen molar-refractivity contribution in [2.75, 3.05) is 24.7 Å². The second-order valence-corrected chi connectivity index (χ2v) is 9.11. The Labute approximate surface area is 209 Å². The summed E-state index contributed by atoms with van der Waals surface area (Å²) in [6.07, 6.45) is -0.470. The van der Waals surface area contributed by atoms with Gasteiger partial charge in [0.25, 0.3) is 11.8 Å². The van der Waals surface area contributed by atoms with E-state index >= 15 is 0 Å². The van der Waals surface area contributed by atoms with E-state index in [1.165, 1.54) is 6.92 Å². The summed E-state index contributed by atoms with van der Waals surface area (Å²) in [7, 11) is 0. The number of amides is 2. The Morgan fingerprint density at radius 3 is 2.58 bits per heavy atom. The number of hydrogen-bond acceptors (Lipinski definition) is 14. The van der Waals surface area contributed by atoms with Crippen LogP contribution in [0.4, 0.5) is 5.13 Å². The number of hydrogen-bond donors (Lipinski definition) is 4. The molecule has 2 aliphatic rings. The molecule has 0 spiro atoms. The minimum atomic E-state index is -1.44. The predicted octanol–water partition coefficient (Wildman–Crippen LogP) is -1.81. The third kappa shape index (κ3) is 5.95. The van der Waals surface area contributed by atoms with E-state index in [4.69, 9.17) is 15.6 Å². The molecule has 3 rings (SSSR count). The van der Waals surface area contributed by atoms with Crippen LogP contribution in [0.3, 0.4) is 0 Å². The van der Waals surface area contributed by atoms with Gasteiger partial charge in [-0.05, 0) is 6.92 Å². The van der Waals surface area contributed by atoms with Gasteiger partial charge < -0.3 is 30.8 Å². The number of ether oxygens (including phenoxy) is 1. The number of ketones is 1. The zero-order chi connectivity index (χ0) is 26.6. The molecule has 1 aromatic rings. The Morgan fingerprint density at radius 1 is 1.28 bits per heavy atom. The number of oxime groups is 1. The molecule has 0 unspecified atom stereocenters. The fraction of sp³-hybridized carbons (Fsp3) is 0.389. The van der Waals surface area contributed by atoms with Crippen LogP contribution in [0.2, 0.25) is 0 Å². The summed E-state index contributed by atoms with van der Waals surface area (Å²) in [6.45, 7) is -0.0915. The van der Waals surface area contributed by atoms with Gasteiger partial charge in [0, 0.05) is 22.9 Å². The lowest BCUT2D eigenvalue weighted by atomic mass is 10.0. The fourth-order valence-electron chi connectivity index (χ4n) is 3.09. The van der Waals surface area contributed by atoms with Crippen LogP contribution < -0.4 is 11.1 Å². The summed E-state index contributed by atoms with van der Waals surface area (Å²) in [5, 5.41) is 23.4. The number of esters is 1. The molecule has 5 N–H and O–H groups in total. The average Bonchev–Trinajstić information content (AvgIpc) is 3.22. The number of rotatable bonds is 11. The monoisotopic (exact) mass is 542 g/mol. The second-order valence-electron chi connectivity index (χ2n) is 7.22. The Balaban J connectivity index is 1.74. The summed E-state index contributed by atoms with van der Waals surface area (Å²) in [5.41, 5.74) is 4.73. The maximum atomic E-state index is 12.8. The molecule has 192 valence electrons. The molecule has 1 fully saturated rings. The summed E-state index contributed by atoms with van der Waals surface area (Å²) in [5.74, 6) is -6.01. The van der Waals surface area contributed by atoms with Gasteiger partial charge in [-0.2, -0.15) is 9.36 Å². The summed E-state index contributed by atoms with van der Waals surface area (Å²) in [4.78, 5) is 80.2. The molecule has 3 heterocycles. The molecule has 1 saturated heterocycles. The zero-order valence-electron chi connectivity index (χ0n) is 18.3. The number of nitrogens with two attached hydrogens (primary N) is 1. The number of nitrogen functional groups attached to an aromatic ring is 1. The van der Waals surface area contributed by atoms with Crippen LogP contribution in [0.5, 0.6) is 0 Å². The first-order chi connectivity index (χ1) is 17.0. The van der Waals surface area contributed by atoms with Gasteiger partial charge in [-0.25, -0.2) is 9.59 Å². The van der Waals surface area contributed by atoms with E-state index < -0.39 is 78.0 Å². The minimum absolute atomic E-state index is 0.00904. The maximum absolute atomic E-state index is 12.8. The van der Waals surface area contributed by atoms with Crippen LogP contribution in [-0.4, -0.2) is 96.1 Å². The number of nitrogens with zero attached hydrogens (tertiary/aromatic N) is 4. The van der Waals surface area contributed by atoms with E-state index in [-0.39, 0.29) is 22.3 Å². The highest BCUT2D eigenvalue weighted by molar-refractivity contribution is 8.00. The van der Waals surface area contributed by atoms with Gasteiger partial charge >= 0.3 is 17.9 Å². The third-order valence-corrected chi connectivity index (χ3v) is 6.43. The highest BCUT2D eigenvalue weighted by Crippen LogP contribution is 2.40. The van der Waals surface area contributed by atoms with Crippen molar-refractivity contribution in [1.82, 2.24) is 19.6 Å². The van der Waals surface area contributed by atoms with Crippen LogP contribution in [0.15, 0.2) is 16.4 Å². The van der Waals surface area contributed by atoms with Crippen LogP contribution in [-0.2, 0) is 38.3 Å². The van der Waals surface area contributed by atoms with Gasteiger partial charge in [0.15, 0.2) is 5.13 Å². The van der Waals surface area contributed by atoms with Crippen molar-refractivity contribution < 1.29 is 48.6 Å². The lowest BCUT2D eigenvalue weighted by Crippen LogP contribution is -2.71. The molecule has 16 nitrogen and oxygen atoms in total. The largest absolute Gasteiger partial charge is 0.479 e. The van der Waals surface area contributed by atoms with Crippen molar-refractivity contribution in [1.29, 1.82) is 0 Å². The second kappa shape index (κ2) is 11.1. The Kier molecular flexibility index (Phi) is 8.20. The molecule has 0 radical (unpaired) electrons. The highest BCUT2D eigenvalue weighted by atomic mass is 32.2. The van der Waals surface area contributed by atoms with Gasteiger partial charge in [-0.1, -0.05) is 5.16 Å². The van der Waals surface area contributed by atoms with Crippen molar-refractivity contribution in [3.63, 3.8) is 0 Å². The van der Waals surface area contributed by atoms with Crippen LogP contribution in [0.25, 0.3) is 0 Å². The number of carbonyl (C=O) groups is 6. The first-order valence-electron chi connectivity index (χ1n) is 9.86. The smallest absolute Gasteiger partial charge is 0.352 e. The summed E-state index contributed by atoms with van der Waals surface area (Å²) >= 11 is 1.85. The van der Waals surface area contributed by atoms with Crippen LogP contribution in [0, 0.1) is 0 Å². The lowest BCUT2D eigenvalue weighted by molar-refractivity contribution is -0.150. The zero-order valence-corrected chi connectivity index (χ0v) is 20.0. The van der Waals surface area contributed by atoms with Crippen LogP contribution >= 0.6 is 23.3 Å². The van der Waals surface area contributed by atoms with E-state index in [1.807, 2.05) is 0 Å². The summed E-state index contributed by atoms with van der Waals surface area (Å²) in [6, 6.07) is -1.17. The summed E-state index contributed by atoms with van der Waals surface area (Å²) < 4.78 is 8.77. The molecule has 1 aromatic heterocycles. The molecule has 0 aliphatic carbocycles. The molecule has 2 atom stereocenters. The van der Waals surface area contributed by atoms with Gasteiger partial charge in [0.05, 0.1) is 0 Å². The number of carbonyl (C=O) groups excluding carboxylic acids is 4. The van der Waals surface area contributed by atoms with Gasteiger partial charge in [0.2, 0.25) is 18.1 Å². The van der Waals surface area contributed by atoms with Crippen molar-refractivity contribution >= 4 is 69.6 Å². The van der Waals surface area contributed by atoms with Gasteiger partial charge in [-0.3, -0.25) is 24.1 Å². The number of fused-ring (bicyclic) bond motifs is 1. The lowest BCUT2D eigenvalue weighted by Gasteiger charge is -2.49. The molecule has 0 saturated carbocycles. The molecule has 2 amide bonds. The number of aromatic nitrogens is 2. The molecule has 18 heteroatoms. The highest BCUT2D eigenvalue weighted by Gasteiger charge is 2.54. The average molecular weight is 543 g/mol. The third-order valence-electron chi connectivity index (χ3n) is 4.55. The van der Waals surface area contributed by atoms with Crippen molar-refractivity contribution in [2.45, 2.75) is 24.8 Å². The quantitative estimate of drug-likeness (QED) is 0.0792. The van der Waals surface area contributed by atoms with E-state index in [9.17, 15) is 33.9 Å². The van der Waals surface area contributed by atoms with Crippen molar-refractivity contribution in [2.24, 2.45) is 5.16 Å². The van der Waals surface area contributed by atoms with E-state index in [1.54, 1.807) is 0 Å². The van der Waals surface area contributed by atoms with Crippen molar-refractivity contribution in [3.8, 4) is 0 Å². The number of aliphatic carboxylic acids is 2. The standard InChI is InChI=1S/C18H18N6O10S2/c1-6(25)2-9(28)33-3-7-5-35-16-11(15(30)24(16)12(7)17(31)32)20-14(29)10(22-34-4-8(26)27)13-21-18(19)36-23-13/h11,16H,2-5H2,1H3,(H,20,29)(H,26,27)(H,31,32)(H2,19,21,23)/b22-10-/t11-,16+/m1/s1. The molecule has 0 aromatic carbocycles. The minimum Gasteiger partial charge on any atom is -0.479 e. The fourth-order valence-corrected chi connectivity index (χ4v) is 4.85. The van der Waals surface area contributed by atoms with Crippen molar-refractivity contribution in [3.05, 3.63) is 17.1 Å². The van der Waals surface area contributed by atoms with E-state index in [0.717, 1.165) is 28.2 Å². The predicted molar refractivity (Wildman–Crippen MR) is 120 cm³/mol. The SMILES string of the molecule is CC(=O)CC(=O)OCC1=C(C(=O)O)N2C(=O)[C@@H](NC(=O)/C(=N\OCC(=O)O)c3nsc(N)n3)[C@@H]2SC1. The number of nitrogens with one attached hydrogen (secondary N) is 1. The number of Topliss-reactive ketones (excluding diaryl/α,β-unsaturated/α-hetero) is 1. The van der Waals surface area contributed by atoms with E-state index in [0.29, 0.717) is 0 Å². The first-order valence-corrected chi connectivity index (χ1v) is 11.7. The molecule has 36 heavy (non-hydrogen) atoms. The molecular weight excluding hydrogens is 524 g/mol. The number of β-lactam (4-membered cyclic amide) rings is 1.